The Balaban J connectivity index is 1.73. The Hall–Kier alpha value is -2.18. The molecule has 0 atom stereocenters. The van der Waals surface area contributed by atoms with E-state index in [0.29, 0.717) is 6.54 Å². The molecule has 6 heteroatoms. The number of benzene rings is 2. The van der Waals surface area contributed by atoms with Gasteiger partial charge in [-0.25, -0.2) is 4.79 Å². The molecule has 0 aliphatic heterocycles. The molecule has 0 heterocycles. The van der Waals surface area contributed by atoms with Gasteiger partial charge in [-0.05, 0) is 41.5 Å². The van der Waals surface area contributed by atoms with Gasteiger partial charge in [-0.3, -0.25) is 4.79 Å². The van der Waals surface area contributed by atoms with Crippen LogP contribution in [0.4, 0.5) is 0 Å². The van der Waals surface area contributed by atoms with Crippen LogP contribution in [0, 0.1) is 0 Å². The Bertz CT molecular complexity index is 745. The fourth-order valence-corrected chi connectivity index (χ4v) is 3.11. The van der Waals surface area contributed by atoms with Gasteiger partial charge in [0.15, 0.2) is 6.61 Å². The van der Waals surface area contributed by atoms with Crippen molar-refractivity contribution in [3.8, 4) is 0 Å². The average molecular weight is 388 g/mol. The Labute approximate surface area is 162 Å². The van der Waals surface area contributed by atoms with Gasteiger partial charge in [0.2, 0.25) is 0 Å². The Morgan fingerprint density at radius 1 is 1.04 bits per heavy atom. The highest BCUT2D eigenvalue weighted by atomic mass is 32.2. The molecular weight excluding hydrogens is 366 g/mol. The van der Waals surface area contributed by atoms with Crippen molar-refractivity contribution in [1.29, 1.82) is 0 Å². The molecule has 2 rings (SSSR count). The van der Waals surface area contributed by atoms with Gasteiger partial charge >= 0.3 is 5.97 Å². The predicted molar refractivity (Wildman–Crippen MR) is 107 cm³/mol. The summed E-state index contributed by atoms with van der Waals surface area (Å²) >= 11 is 3.09. The maximum absolute atomic E-state index is 12.1. The number of carbonyl (C=O) groups is 2. The van der Waals surface area contributed by atoms with E-state index in [1.165, 1.54) is 22.7 Å². The van der Waals surface area contributed by atoms with Crippen LogP contribution >= 0.6 is 23.5 Å². The lowest BCUT2D eigenvalue weighted by Gasteiger charge is -2.17. The molecule has 0 aliphatic rings. The SMILES string of the molecule is CSc1ccc(CN(C)C(=O)COC(=O)/C=C/Sc2ccccc2)cc1. The molecule has 0 aliphatic carbocycles. The largest absolute Gasteiger partial charge is 0.452 e. The highest BCUT2D eigenvalue weighted by Gasteiger charge is 2.11. The topological polar surface area (TPSA) is 46.6 Å². The van der Waals surface area contributed by atoms with Crippen molar-refractivity contribution in [1.82, 2.24) is 4.90 Å². The molecule has 2 aromatic carbocycles. The molecule has 0 N–H and O–H groups in total. The van der Waals surface area contributed by atoms with E-state index in [9.17, 15) is 9.59 Å². The second-order valence-corrected chi connectivity index (χ2v) is 7.30. The molecule has 0 unspecified atom stereocenters. The molecule has 4 nitrogen and oxygen atoms in total. The summed E-state index contributed by atoms with van der Waals surface area (Å²) in [6.45, 7) is 0.212. The molecule has 0 saturated carbocycles. The minimum absolute atomic E-state index is 0.239. The number of hydrogen-bond donors (Lipinski definition) is 0. The molecule has 0 fully saturated rings. The summed E-state index contributed by atoms with van der Waals surface area (Å²) in [4.78, 5) is 27.5. The van der Waals surface area contributed by atoms with Gasteiger partial charge in [-0.1, -0.05) is 42.1 Å². The zero-order valence-electron chi connectivity index (χ0n) is 14.8. The van der Waals surface area contributed by atoms with Gasteiger partial charge < -0.3 is 9.64 Å². The minimum atomic E-state index is -0.528. The summed E-state index contributed by atoms with van der Waals surface area (Å²) in [5.74, 6) is -0.768. The molecule has 2 aromatic rings. The molecule has 1 amide bonds. The maximum Gasteiger partial charge on any atom is 0.331 e. The first-order valence-corrected chi connectivity index (χ1v) is 10.1. The van der Waals surface area contributed by atoms with E-state index < -0.39 is 5.97 Å². The molecule has 0 radical (unpaired) electrons. The highest BCUT2D eigenvalue weighted by molar-refractivity contribution is 8.02. The molecule has 26 heavy (non-hydrogen) atoms. The van der Waals surface area contributed by atoms with Crippen LogP contribution in [0.15, 0.2) is 75.9 Å². The van der Waals surface area contributed by atoms with Gasteiger partial charge in [0.05, 0.1) is 0 Å². The smallest absolute Gasteiger partial charge is 0.331 e. The van der Waals surface area contributed by atoms with Gasteiger partial charge in [0.1, 0.15) is 0 Å². The lowest BCUT2D eigenvalue weighted by molar-refractivity contribution is -0.147. The minimum Gasteiger partial charge on any atom is -0.452 e. The summed E-state index contributed by atoms with van der Waals surface area (Å²) in [6, 6.07) is 17.7. The van der Waals surface area contributed by atoms with Crippen LogP contribution < -0.4 is 0 Å². The summed E-state index contributed by atoms with van der Waals surface area (Å²) in [7, 11) is 1.69. The van der Waals surface area contributed by atoms with Crippen LogP contribution in [0.1, 0.15) is 5.56 Å². The van der Waals surface area contributed by atoms with Crippen molar-refractivity contribution in [2.75, 3.05) is 19.9 Å². The molecule has 0 aromatic heterocycles. The standard InChI is InChI=1S/C20H21NO3S2/c1-21(14-16-8-10-17(25-2)11-9-16)19(22)15-24-20(23)12-13-26-18-6-4-3-5-7-18/h3-13H,14-15H2,1-2H3/b13-12+. The third-order valence-corrected chi connectivity index (χ3v) is 5.05. The zero-order chi connectivity index (χ0) is 18.8. The number of rotatable bonds is 8. The third kappa shape index (κ3) is 6.98. The quantitative estimate of drug-likeness (QED) is 0.386. The monoisotopic (exact) mass is 387 g/mol. The lowest BCUT2D eigenvalue weighted by Crippen LogP contribution is -2.30. The van der Waals surface area contributed by atoms with E-state index in [1.807, 2.05) is 60.9 Å². The first-order chi connectivity index (χ1) is 12.6. The number of esters is 1. The van der Waals surface area contributed by atoms with E-state index in [1.54, 1.807) is 29.1 Å². The number of likely N-dealkylation sites (N-methyl/N-ethyl adjacent to an activating group) is 1. The normalized spacial score (nSPS) is 10.7. The van der Waals surface area contributed by atoms with E-state index in [4.69, 9.17) is 4.74 Å². The van der Waals surface area contributed by atoms with Gasteiger partial charge in [-0.2, -0.15) is 0 Å². The van der Waals surface area contributed by atoms with Crippen LogP contribution in [0.25, 0.3) is 0 Å². The predicted octanol–water partition coefficient (Wildman–Crippen LogP) is 4.22. The Morgan fingerprint density at radius 3 is 2.38 bits per heavy atom. The Kier molecular flexibility index (Phi) is 8.31. The van der Waals surface area contributed by atoms with Gasteiger partial charge in [0, 0.05) is 29.5 Å². The van der Waals surface area contributed by atoms with E-state index >= 15 is 0 Å². The zero-order valence-corrected chi connectivity index (χ0v) is 16.4. The molecular formula is C20H21NO3S2. The number of hydrogen-bond acceptors (Lipinski definition) is 5. The van der Waals surface area contributed by atoms with Crippen LogP contribution in [0.3, 0.4) is 0 Å². The summed E-state index contributed by atoms with van der Waals surface area (Å²) in [5.41, 5.74) is 1.03. The van der Waals surface area contributed by atoms with Crippen molar-refractivity contribution in [3.63, 3.8) is 0 Å². The second kappa shape index (κ2) is 10.7. The number of ether oxygens (including phenoxy) is 1. The summed E-state index contributed by atoms with van der Waals surface area (Å²) in [5, 5.41) is 1.65. The van der Waals surface area contributed by atoms with Crippen LogP contribution in [-0.2, 0) is 20.9 Å². The first kappa shape index (κ1) is 20.1. The van der Waals surface area contributed by atoms with E-state index in [-0.39, 0.29) is 12.5 Å². The van der Waals surface area contributed by atoms with Crippen molar-refractivity contribution in [3.05, 3.63) is 71.6 Å². The Morgan fingerprint density at radius 2 is 1.73 bits per heavy atom. The molecule has 0 spiro atoms. The maximum atomic E-state index is 12.1. The highest BCUT2D eigenvalue weighted by Crippen LogP contribution is 2.18. The van der Waals surface area contributed by atoms with Crippen molar-refractivity contribution in [2.45, 2.75) is 16.3 Å². The summed E-state index contributed by atoms with van der Waals surface area (Å²) in [6.07, 6.45) is 3.35. The van der Waals surface area contributed by atoms with E-state index in [2.05, 4.69) is 0 Å². The molecule has 136 valence electrons. The number of thioether (sulfide) groups is 2. The van der Waals surface area contributed by atoms with Crippen molar-refractivity contribution >= 4 is 35.4 Å². The van der Waals surface area contributed by atoms with Crippen LogP contribution in [0.5, 0.6) is 0 Å². The number of carbonyl (C=O) groups excluding carboxylic acids is 2. The fourth-order valence-electron chi connectivity index (χ4n) is 2.05. The lowest BCUT2D eigenvalue weighted by atomic mass is 10.2. The fraction of sp³-hybridized carbons (Fsp3) is 0.200. The summed E-state index contributed by atoms with van der Waals surface area (Å²) < 4.78 is 5.00. The number of nitrogens with zero attached hydrogens (tertiary/aromatic N) is 1. The van der Waals surface area contributed by atoms with Crippen molar-refractivity contribution in [2.24, 2.45) is 0 Å². The van der Waals surface area contributed by atoms with Crippen LogP contribution in [0.2, 0.25) is 0 Å². The van der Waals surface area contributed by atoms with E-state index in [0.717, 1.165) is 10.5 Å². The first-order valence-electron chi connectivity index (χ1n) is 8.00. The average Bonchev–Trinajstić information content (AvgIpc) is 2.67. The third-order valence-electron chi connectivity index (χ3n) is 3.49. The van der Waals surface area contributed by atoms with Crippen molar-refractivity contribution < 1.29 is 14.3 Å². The van der Waals surface area contributed by atoms with Crippen LogP contribution in [-0.4, -0.2) is 36.7 Å². The van der Waals surface area contributed by atoms with Gasteiger partial charge in [0.25, 0.3) is 5.91 Å². The second-order valence-electron chi connectivity index (χ2n) is 5.44. The molecule has 0 bridgehead atoms. The van der Waals surface area contributed by atoms with Gasteiger partial charge in [-0.15, -0.1) is 11.8 Å². The molecule has 0 saturated heterocycles. The number of amides is 1.